The smallest absolute Gasteiger partial charge is 0.362 e. The third kappa shape index (κ3) is 6.62. The summed E-state index contributed by atoms with van der Waals surface area (Å²) in [6, 6.07) is -3.20. The van der Waals surface area contributed by atoms with Crippen molar-refractivity contribution in [3.05, 3.63) is 12.7 Å². The number of hydrogen-bond donors (Lipinski definition) is 3. The molecule has 0 aliphatic rings. The Balaban J connectivity index is 5.89. The molecule has 0 saturated heterocycles. The highest BCUT2D eigenvalue weighted by atomic mass is 16.4. The molecule has 0 fully saturated rings. The van der Waals surface area contributed by atoms with E-state index in [1.165, 1.54) is 0 Å². The van der Waals surface area contributed by atoms with Gasteiger partial charge in [0.25, 0.3) is 0 Å². The quantitative estimate of drug-likeness (QED) is 0.194. The Kier molecular flexibility index (Phi) is 12.4. The van der Waals surface area contributed by atoms with Gasteiger partial charge in [0.1, 0.15) is 0 Å². The highest BCUT2D eigenvalue weighted by Gasteiger charge is 2.55. The van der Waals surface area contributed by atoms with Crippen molar-refractivity contribution in [1.82, 2.24) is 0 Å². The Bertz CT molecular complexity index is 464. The van der Waals surface area contributed by atoms with Crippen LogP contribution in [0, 0.1) is 0 Å². The second kappa shape index (κ2) is 13.3. The fourth-order valence-electron chi connectivity index (χ4n) is 4.48. The molecule has 0 aromatic carbocycles. The summed E-state index contributed by atoms with van der Waals surface area (Å²) in [5, 5.41) is 29.6. The minimum atomic E-state index is -1.13. The highest BCUT2D eigenvalue weighted by Crippen LogP contribution is 2.32. The van der Waals surface area contributed by atoms with Crippen LogP contribution in [-0.2, 0) is 14.4 Å². The van der Waals surface area contributed by atoms with Crippen molar-refractivity contribution in [3.8, 4) is 0 Å². The number of unbranched alkanes of at least 4 members (excludes halogenated alkanes) is 5. The number of carboxylic acid groups (broad SMARTS) is 3. The van der Waals surface area contributed by atoms with Gasteiger partial charge in [-0.3, -0.25) is 4.48 Å². The molecule has 7 nitrogen and oxygen atoms in total. The number of aliphatic carboxylic acids is 3. The van der Waals surface area contributed by atoms with Gasteiger partial charge >= 0.3 is 17.9 Å². The van der Waals surface area contributed by atoms with Crippen molar-refractivity contribution in [2.24, 2.45) is 0 Å². The van der Waals surface area contributed by atoms with Crippen molar-refractivity contribution in [3.63, 3.8) is 0 Å². The lowest BCUT2D eigenvalue weighted by Crippen LogP contribution is -2.72. The van der Waals surface area contributed by atoms with Crippen LogP contribution in [0.4, 0.5) is 0 Å². The van der Waals surface area contributed by atoms with Crippen LogP contribution in [0.1, 0.15) is 78.6 Å². The number of hydrogen-bond acceptors (Lipinski definition) is 3. The molecular weight excluding hydrogens is 362 g/mol. The summed E-state index contributed by atoms with van der Waals surface area (Å²) in [7, 11) is 0. The zero-order chi connectivity index (χ0) is 21.7. The van der Waals surface area contributed by atoms with Gasteiger partial charge in [0.05, 0.1) is 6.54 Å². The van der Waals surface area contributed by atoms with Crippen LogP contribution >= 0.6 is 0 Å². The van der Waals surface area contributed by atoms with Gasteiger partial charge in [-0.25, -0.2) is 14.4 Å². The van der Waals surface area contributed by atoms with Gasteiger partial charge in [-0.05, 0) is 25.7 Å². The Morgan fingerprint density at radius 1 is 0.750 bits per heavy atom. The molecule has 3 N–H and O–H groups in total. The maximum atomic E-state index is 12.1. The Labute approximate surface area is 168 Å². The number of carboxylic acids is 3. The van der Waals surface area contributed by atoms with Gasteiger partial charge in [0.2, 0.25) is 0 Å². The number of carbonyl (C=O) groups is 3. The summed E-state index contributed by atoms with van der Waals surface area (Å²) in [6.07, 6.45) is 7.80. The first-order valence-corrected chi connectivity index (χ1v) is 10.4. The number of rotatable bonds is 17. The molecule has 3 unspecified atom stereocenters. The summed E-state index contributed by atoms with van der Waals surface area (Å²) in [5.74, 6) is -3.39. The van der Waals surface area contributed by atoms with Crippen molar-refractivity contribution in [2.45, 2.75) is 96.7 Å². The molecule has 3 atom stereocenters. The van der Waals surface area contributed by atoms with Crippen LogP contribution in [0.25, 0.3) is 0 Å². The predicted octanol–water partition coefficient (Wildman–Crippen LogP) is 3.92. The monoisotopic (exact) mass is 400 g/mol. The van der Waals surface area contributed by atoms with Crippen LogP contribution in [0.15, 0.2) is 12.7 Å². The van der Waals surface area contributed by atoms with Gasteiger partial charge in [0, 0.05) is 19.3 Å². The van der Waals surface area contributed by atoms with E-state index >= 15 is 0 Å². The molecule has 0 amide bonds. The van der Waals surface area contributed by atoms with E-state index in [-0.39, 0.29) is 25.8 Å². The number of allylic oxidation sites excluding steroid dienone is 1. The molecule has 0 rings (SSSR count). The van der Waals surface area contributed by atoms with Crippen molar-refractivity contribution in [2.75, 3.05) is 6.54 Å². The zero-order valence-corrected chi connectivity index (χ0v) is 17.6. The average molecular weight is 401 g/mol. The van der Waals surface area contributed by atoms with Gasteiger partial charge in [-0.1, -0.05) is 39.7 Å². The molecule has 0 heterocycles. The molecule has 0 aromatic rings. The van der Waals surface area contributed by atoms with E-state index in [1.807, 2.05) is 6.08 Å². The fourth-order valence-corrected chi connectivity index (χ4v) is 4.48. The second-order valence-corrected chi connectivity index (χ2v) is 7.35. The lowest BCUT2D eigenvalue weighted by Gasteiger charge is -2.49. The van der Waals surface area contributed by atoms with Gasteiger partial charge in [-0.15, -0.1) is 6.58 Å². The molecule has 0 saturated carbocycles. The minimum absolute atomic E-state index is 0.183. The Morgan fingerprint density at radius 2 is 1.11 bits per heavy atom. The summed E-state index contributed by atoms with van der Waals surface area (Å²) in [4.78, 5) is 36.2. The SMILES string of the molecule is C=CCCCCCCC[N+](C(CC)C(=O)O)(C(CC)C(=O)O)C(CC)C(=O)O. The van der Waals surface area contributed by atoms with Crippen LogP contribution in [0.2, 0.25) is 0 Å². The van der Waals surface area contributed by atoms with Crippen LogP contribution in [0.5, 0.6) is 0 Å². The lowest BCUT2D eigenvalue weighted by molar-refractivity contribution is -0.973. The highest BCUT2D eigenvalue weighted by molar-refractivity contribution is 5.78. The minimum Gasteiger partial charge on any atom is -0.477 e. The first kappa shape index (κ1) is 26.1. The molecular formula is C21H38NO6+. The molecule has 7 heteroatoms. The summed E-state index contributed by atoms with van der Waals surface area (Å²) < 4.78 is -0.420. The third-order valence-electron chi connectivity index (χ3n) is 5.71. The maximum absolute atomic E-state index is 12.1. The first-order valence-electron chi connectivity index (χ1n) is 10.4. The fraction of sp³-hybridized carbons (Fsp3) is 0.762. The zero-order valence-electron chi connectivity index (χ0n) is 17.6. The predicted molar refractivity (Wildman–Crippen MR) is 108 cm³/mol. The van der Waals surface area contributed by atoms with E-state index in [4.69, 9.17) is 0 Å². The van der Waals surface area contributed by atoms with Crippen LogP contribution in [0.3, 0.4) is 0 Å². The van der Waals surface area contributed by atoms with Gasteiger partial charge in [-0.2, -0.15) is 0 Å². The van der Waals surface area contributed by atoms with E-state index in [9.17, 15) is 29.7 Å². The van der Waals surface area contributed by atoms with E-state index in [2.05, 4.69) is 6.58 Å². The van der Waals surface area contributed by atoms with E-state index in [1.54, 1.807) is 20.8 Å². The Hall–Kier alpha value is -1.89. The van der Waals surface area contributed by atoms with Crippen molar-refractivity contribution >= 4 is 17.9 Å². The molecule has 162 valence electrons. The summed E-state index contributed by atoms with van der Waals surface area (Å²) in [5.41, 5.74) is 0. The lowest BCUT2D eigenvalue weighted by atomic mass is 9.94. The van der Waals surface area contributed by atoms with E-state index < -0.39 is 40.5 Å². The normalized spacial score (nSPS) is 16.5. The van der Waals surface area contributed by atoms with Crippen molar-refractivity contribution < 1.29 is 34.2 Å². The number of nitrogens with zero attached hydrogens (tertiary/aromatic N) is 1. The summed E-state index contributed by atoms with van der Waals surface area (Å²) in [6.45, 7) is 8.99. The van der Waals surface area contributed by atoms with Crippen LogP contribution in [-0.4, -0.2) is 62.4 Å². The topological polar surface area (TPSA) is 112 Å². The maximum Gasteiger partial charge on any atom is 0.362 e. The molecule has 0 spiro atoms. The van der Waals surface area contributed by atoms with Gasteiger partial charge in [0.15, 0.2) is 18.1 Å². The molecule has 28 heavy (non-hydrogen) atoms. The molecule has 0 aliphatic carbocycles. The van der Waals surface area contributed by atoms with Gasteiger partial charge < -0.3 is 15.3 Å². The number of quaternary nitrogens is 1. The average Bonchev–Trinajstić information content (AvgIpc) is 2.61. The van der Waals surface area contributed by atoms with E-state index in [0.717, 1.165) is 32.1 Å². The standard InChI is InChI=1S/C21H37NO6/c1-5-9-10-11-12-13-14-15-22(16(6-2)19(23)24,17(7-3)20(25)26)18(8-4)21(27)28/h5,16-18H,1,6-15H2,2-4H3,(H2-,23,24,25,26,27,28)/p+1. The van der Waals surface area contributed by atoms with Crippen molar-refractivity contribution in [1.29, 1.82) is 0 Å². The molecule has 0 radical (unpaired) electrons. The first-order chi connectivity index (χ1) is 13.2. The Morgan fingerprint density at radius 3 is 1.43 bits per heavy atom. The second-order valence-electron chi connectivity index (χ2n) is 7.35. The largest absolute Gasteiger partial charge is 0.477 e. The molecule has 0 aromatic heterocycles. The van der Waals surface area contributed by atoms with Crippen LogP contribution < -0.4 is 0 Å². The third-order valence-corrected chi connectivity index (χ3v) is 5.71. The van der Waals surface area contributed by atoms with E-state index in [0.29, 0.717) is 6.42 Å². The molecule has 0 aliphatic heterocycles. The summed E-state index contributed by atoms with van der Waals surface area (Å²) >= 11 is 0. The molecule has 0 bridgehead atoms.